The fourth-order valence-corrected chi connectivity index (χ4v) is 2.20. The Morgan fingerprint density at radius 1 is 1.32 bits per heavy atom. The van der Waals surface area contributed by atoms with Gasteiger partial charge in [-0.15, -0.1) is 0 Å². The van der Waals surface area contributed by atoms with Gasteiger partial charge in [0.2, 0.25) is 0 Å². The molecule has 0 atom stereocenters. The van der Waals surface area contributed by atoms with Gasteiger partial charge in [0.15, 0.2) is 0 Å². The molecule has 2 rings (SSSR count). The minimum absolute atomic E-state index is 0.781. The minimum atomic E-state index is 0.781. The van der Waals surface area contributed by atoms with Gasteiger partial charge in [-0.05, 0) is 51.7 Å². The molecule has 0 aliphatic heterocycles. The van der Waals surface area contributed by atoms with Crippen LogP contribution in [0.2, 0.25) is 0 Å². The van der Waals surface area contributed by atoms with E-state index >= 15 is 0 Å². The summed E-state index contributed by atoms with van der Waals surface area (Å²) in [6.45, 7) is 4.07. The van der Waals surface area contributed by atoms with Gasteiger partial charge in [0, 0.05) is 23.8 Å². The first-order chi connectivity index (χ1) is 9.09. The largest absolute Gasteiger partial charge is 0.398 e. The van der Waals surface area contributed by atoms with Crippen LogP contribution in [0, 0.1) is 6.92 Å². The number of hydrogen-bond donors (Lipinski definition) is 2. The number of pyridine rings is 1. The molecule has 0 aliphatic rings. The van der Waals surface area contributed by atoms with Crippen molar-refractivity contribution >= 4 is 22.3 Å². The number of nitrogens with zero attached hydrogens (tertiary/aromatic N) is 2. The number of benzene rings is 1. The molecule has 0 fully saturated rings. The predicted molar refractivity (Wildman–Crippen MR) is 82.6 cm³/mol. The van der Waals surface area contributed by atoms with E-state index in [1.807, 2.05) is 24.4 Å². The Morgan fingerprint density at radius 3 is 2.84 bits per heavy atom. The van der Waals surface area contributed by atoms with Gasteiger partial charge in [0.1, 0.15) is 0 Å². The molecule has 2 aromatic rings. The first-order valence-corrected chi connectivity index (χ1v) is 6.62. The van der Waals surface area contributed by atoms with E-state index in [1.165, 1.54) is 0 Å². The lowest BCUT2D eigenvalue weighted by molar-refractivity contribution is 0.405. The highest BCUT2D eigenvalue weighted by Crippen LogP contribution is 2.30. The Bertz CT molecular complexity index is 563. The van der Waals surface area contributed by atoms with Gasteiger partial charge in [-0.1, -0.05) is 6.07 Å². The van der Waals surface area contributed by atoms with Gasteiger partial charge in [-0.2, -0.15) is 0 Å². The van der Waals surface area contributed by atoms with Crippen LogP contribution >= 0.6 is 0 Å². The standard InChI is InChI=1S/C15H22N4/c1-11-10-18-13-7-4-6-12(16)14(13)15(11)17-8-5-9-19(2)3/h4,6-7,10H,5,8-9,16H2,1-3H3,(H,17,18). The van der Waals surface area contributed by atoms with Crippen LogP contribution in [0.1, 0.15) is 12.0 Å². The second-order valence-corrected chi connectivity index (χ2v) is 5.14. The van der Waals surface area contributed by atoms with Crippen molar-refractivity contribution in [1.82, 2.24) is 9.88 Å². The number of hydrogen-bond acceptors (Lipinski definition) is 4. The quantitative estimate of drug-likeness (QED) is 0.639. The Labute approximate surface area is 114 Å². The van der Waals surface area contributed by atoms with Gasteiger partial charge < -0.3 is 16.0 Å². The van der Waals surface area contributed by atoms with Crippen LogP contribution < -0.4 is 11.1 Å². The molecule has 19 heavy (non-hydrogen) atoms. The molecule has 1 aromatic carbocycles. The van der Waals surface area contributed by atoms with E-state index in [0.717, 1.165) is 47.4 Å². The van der Waals surface area contributed by atoms with Crippen molar-refractivity contribution in [3.63, 3.8) is 0 Å². The van der Waals surface area contributed by atoms with Crippen LogP contribution in [-0.4, -0.2) is 37.1 Å². The van der Waals surface area contributed by atoms with E-state index < -0.39 is 0 Å². The molecule has 0 spiro atoms. The van der Waals surface area contributed by atoms with Crippen LogP contribution in [0.4, 0.5) is 11.4 Å². The van der Waals surface area contributed by atoms with E-state index in [9.17, 15) is 0 Å². The molecule has 0 saturated carbocycles. The highest BCUT2D eigenvalue weighted by Gasteiger charge is 2.08. The number of aromatic nitrogens is 1. The van der Waals surface area contributed by atoms with Crippen molar-refractivity contribution in [2.45, 2.75) is 13.3 Å². The molecule has 1 heterocycles. The average molecular weight is 258 g/mol. The zero-order valence-corrected chi connectivity index (χ0v) is 11.9. The van der Waals surface area contributed by atoms with E-state index in [1.54, 1.807) is 0 Å². The number of fused-ring (bicyclic) bond motifs is 1. The Kier molecular flexibility index (Phi) is 4.22. The third-order valence-electron chi connectivity index (χ3n) is 3.20. The molecule has 3 N–H and O–H groups in total. The molecule has 0 amide bonds. The Balaban J connectivity index is 2.23. The highest BCUT2D eigenvalue weighted by molar-refractivity contribution is 6.01. The van der Waals surface area contributed by atoms with E-state index in [0.29, 0.717) is 0 Å². The van der Waals surface area contributed by atoms with Crippen molar-refractivity contribution < 1.29 is 0 Å². The Morgan fingerprint density at radius 2 is 2.11 bits per heavy atom. The maximum atomic E-state index is 6.09. The summed E-state index contributed by atoms with van der Waals surface area (Å²) in [5, 5.41) is 4.54. The summed E-state index contributed by atoms with van der Waals surface area (Å²) in [5.74, 6) is 0. The molecule has 102 valence electrons. The van der Waals surface area contributed by atoms with E-state index in [-0.39, 0.29) is 0 Å². The van der Waals surface area contributed by atoms with Gasteiger partial charge in [-0.3, -0.25) is 4.98 Å². The van der Waals surface area contributed by atoms with Crippen molar-refractivity contribution in [3.8, 4) is 0 Å². The third kappa shape index (κ3) is 3.15. The zero-order chi connectivity index (χ0) is 13.8. The molecule has 1 aromatic heterocycles. The highest BCUT2D eigenvalue weighted by atomic mass is 15.1. The monoisotopic (exact) mass is 258 g/mol. The lowest BCUT2D eigenvalue weighted by atomic mass is 10.1. The van der Waals surface area contributed by atoms with Gasteiger partial charge >= 0.3 is 0 Å². The second kappa shape index (κ2) is 5.89. The number of anilines is 2. The Hall–Kier alpha value is -1.81. The summed E-state index contributed by atoms with van der Waals surface area (Å²) < 4.78 is 0. The number of rotatable bonds is 5. The SMILES string of the molecule is Cc1cnc2cccc(N)c2c1NCCCN(C)C. The normalized spacial score (nSPS) is 11.2. The molecular weight excluding hydrogens is 236 g/mol. The summed E-state index contributed by atoms with van der Waals surface area (Å²) in [5.41, 5.74) is 10.1. The molecule has 0 bridgehead atoms. The maximum absolute atomic E-state index is 6.09. The number of nitrogens with one attached hydrogen (secondary N) is 1. The third-order valence-corrected chi connectivity index (χ3v) is 3.20. The molecule has 0 radical (unpaired) electrons. The van der Waals surface area contributed by atoms with Crippen LogP contribution in [0.15, 0.2) is 24.4 Å². The fraction of sp³-hybridized carbons (Fsp3) is 0.400. The molecule has 0 unspecified atom stereocenters. The van der Waals surface area contributed by atoms with Crippen molar-refractivity contribution in [1.29, 1.82) is 0 Å². The smallest absolute Gasteiger partial charge is 0.0743 e. The molecule has 4 heteroatoms. The summed E-state index contributed by atoms with van der Waals surface area (Å²) in [6, 6.07) is 5.86. The molecule has 0 aliphatic carbocycles. The predicted octanol–water partition coefficient (Wildman–Crippen LogP) is 2.49. The van der Waals surface area contributed by atoms with Crippen molar-refractivity contribution in [2.24, 2.45) is 0 Å². The maximum Gasteiger partial charge on any atom is 0.0743 e. The molecular formula is C15H22N4. The van der Waals surface area contributed by atoms with Crippen LogP contribution in [0.25, 0.3) is 10.9 Å². The minimum Gasteiger partial charge on any atom is -0.398 e. The lowest BCUT2D eigenvalue weighted by Crippen LogP contribution is -2.16. The summed E-state index contributed by atoms with van der Waals surface area (Å²) in [4.78, 5) is 6.62. The summed E-state index contributed by atoms with van der Waals surface area (Å²) in [6.07, 6.45) is 3.00. The summed E-state index contributed by atoms with van der Waals surface area (Å²) >= 11 is 0. The fourth-order valence-electron chi connectivity index (χ4n) is 2.20. The molecule has 4 nitrogen and oxygen atoms in total. The average Bonchev–Trinajstić information content (AvgIpc) is 2.37. The van der Waals surface area contributed by atoms with Crippen molar-refractivity contribution in [2.75, 3.05) is 38.2 Å². The van der Waals surface area contributed by atoms with Crippen molar-refractivity contribution in [3.05, 3.63) is 30.0 Å². The van der Waals surface area contributed by atoms with E-state index in [4.69, 9.17) is 5.73 Å². The summed E-state index contributed by atoms with van der Waals surface area (Å²) in [7, 11) is 4.18. The van der Waals surface area contributed by atoms with Crippen LogP contribution in [0.3, 0.4) is 0 Å². The zero-order valence-electron chi connectivity index (χ0n) is 11.9. The van der Waals surface area contributed by atoms with Gasteiger partial charge in [0.05, 0.1) is 11.2 Å². The van der Waals surface area contributed by atoms with Gasteiger partial charge in [0.25, 0.3) is 0 Å². The number of nitrogen functional groups attached to an aromatic ring is 1. The first-order valence-electron chi connectivity index (χ1n) is 6.62. The van der Waals surface area contributed by atoms with Crippen LogP contribution in [-0.2, 0) is 0 Å². The van der Waals surface area contributed by atoms with Gasteiger partial charge in [-0.25, -0.2) is 0 Å². The second-order valence-electron chi connectivity index (χ2n) is 5.14. The number of aryl methyl sites for hydroxylation is 1. The van der Waals surface area contributed by atoms with Crippen LogP contribution in [0.5, 0.6) is 0 Å². The van der Waals surface area contributed by atoms with E-state index in [2.05, 4.69) is 36.2 Å². The topological polar surface area (TPSA) is 54.2 Å². The first kappa shape index (κ1) is 13.6. The number of nitrogens with two attached hydrogens (primary N) is 1. The lowest BCUT2D eigenvalue weighted by Gasteiger charge is -2.15. The molecule has 0 saturated heterocycles.